The van der Waals surface area contributed by atoms with Gasteiger partial charge in [0.25, 0.3) is 5.91 Å². The third-order valence-electron chi connectivity index (χ3n) is 5.10. The lowest BCUT2D eigenvalue weighted by Crippen LogP contribution is -2.36. The average molecular weight is 321 g/mol. The summed E-state index contributed by atoms with van der Waals surface area (Å²) in [5.74, 6) is -0.893. The molecule has 4 nitrogen and oxygen atoms in total. The maximum Gasteiger partial charge on any atom is 0.335 e. The highest BCUT2D eigenvalue weighted by molar-refractivity contribution is 5.95. The van der Waals surface area contributed by atoms with Gasteiger partial charge in [0.05, 0.1) is 5.56 Å². The molecule has 1 N–H and O–H groups in total. The quantitative estimate of drug-likeness (QED) is 0.925. The zero-order valence-electron chi connectivity index (χ0n) is 13.4. The Kier molecular flexibility index (Phi) is 3.60. The van der Waals surface area contributed by atoms with Crippen molar-refractivity contribution in [1.29, 1.82) is 0 Å². The first-order chi connectivity index (χ1) is 11.6. The third kappa shape index (κ3) is 2.58. The number of aryl methyl sites for hydroxylation is 2. The van der Waals surface area contributed by atoms with Crippen molar-refractivity contribution in [2.45, 2.75) is 32.2 Å². The van der Waals surface area contributed by atoms with E-state index in [0.717, 1.165) is 36.0 Å². The summed E-state index contributed by atoms with van der Waals surface area (Å²) in [6.45, 7) is 1.15. The molecule has 1 aliphatic heterocycles. The number of amides is 1. The fourth-order valence-corrected chi connectivity index (χ4v) is 3.75. The summed E-state index contributed by atoms with van der Waals surface area (Å²) in [4.78, 5) is 25.8. The van der Waals surface area contributed by atoms with Crippen molar-refractivity contribution in [2.75, 3.05) is 6.54 Å². The number of nitrogens with zero attached hydrogens (tertiary/aromatic N) is 1. The van der Waals surface area contributed by atoms with Crippen LogP contribution in [0.4, 0.5) is 0 Å². The molecular weight excluding hydrogens is 302 g/mol. The second-order valence-electron chi connectivity index (χ2n) is 6.60. The first-order valence-corrected chi connectivity index (χ1v) is 8.38. The van der Waals surface area contributed by atoms with Crippen LogP contribution in [0.25, 0.3) is 0 Å². The van der Waals surface area contributed by atoms with Crippen molar-refractivity contribution in [3.63, 3.8) is 0 Å². The Morgan fingerprint density at radius 1 is 0.833 bits per heavy atom. The predicted octanol–water partition coefficient (Wildman–Crippen LogP) is 3.07. The molecule has 0 unspecified atom stereocenters. The maximum atomic E-state index is 12.8. The van der Waals surface area contributed by atoms with Gasteiger partial charge >= 0.3 is 5.97 Å². The van der Waals surface area contributed by atoms with Gasteiger partial charge in [-0.1, -0.05) is 12.1 Å². The summed E-state index contributed by atoms with van der Waals surface area (Å²) in [6, 6.07) is 11.2. The van der Waals surface area contributed by atoms with E-state index >= 15 is 0 Å². The SMILES string of the molecule is O=C(O)c1ccc2c(c1)CN(C(=O)c1ccc3c(c1)CCC3)CC2. The maximum absolute atomic E-state index is 12.8. The van der Waals surface area contributed by atoms with Crippen LogP contribution in [-0.2, 0) is 25.8 Å². The van der Waals surface area contributed by atoms with Crippen molar-refractivity contribution in [2.24, 2.45) is 0 Å². The van der Waals surface area contributed by atoms with E-state index in [-0.39, 0.29) is 11.5 Å². The minimum absolute atomic E-state index is 0.0380. The van der Waals surface area contributed by atoms with E-state index in [4.69, 9.17) is 5.11 Å². The van der Waals surface area contributed by atoms with Crippen LogP contribution in [0.1, 0.15) is 49.4 Å². The molecule has 2 aliphatic rings. The minimum Gasteiger partial charge on any atom is -0.478 e. The first-order valence-electron chi connectivity index (χ1n) is 8.38. The highest BCUT2D eigenvalue weighted by Gasteiger charge is 2.23. The van der Waals surface area contributed by atoms with E-state index in [1.165, 1.54) is 17.5 Å². The van der Waals surface area contributed by atoms with Gasteiger partial charge in [0, 0.05) is 18.7 Å². The van der Waals surface area contributed by atoms with E-state index in [9.17, 15) is 9.59 Å². The summed E-state index contributed by atoms with van der Waals surface area (Å²) >= 11 is 0. The normalized spacial score (nSPS) is 15.8. The third-order valence-corrected chi connectivity index (χ3v) is 5.10. The molecule has 1 aliphatic carbocycles. The zero-order chi connectivity index (χ0) is 16.7. The summed E-state index contributed by atoms with van der Waals surface area (Å²) in [5, 5.41) is 9.15. The van der Waals surface area contributed by atoms with Gasteiger partial charge in [0.1, 0.15) is 0 Å². The number of aromatic carboxylic acids is 1. The molecule has 0 bridgehead atoms. The molecular formula is C20H19NO3. The molecule has 1 heterocycles. The van der Waals surface area contributed by atoms with Gasteiger partial charge in [-0.3, -0.25) is 4.79 Å². The Balaban J connectivity index is 1.58. The number of fused-ring (bicyclic) bond motifs is 2. The molecule has 0 saturated heterocycles. The highest BCUT2D eigenvalue weighted by atomic mass is 16.4. The van der Waals surface area contributed by atoms with Crippen LogP contribution in [0.15, 0.2) is 36.4 Å². The van der Waals surface area contributed by atoms with Crippen LogP contribution in [0.2, 0.25) is 0 Å². The number of carboxylic acids is 1. The lowest BCUT2D eigenvalue weighted by atomic mass is 9.96. The van der Waals surface area contributed by atoms with Gasteiger partial charge in [-0.2, -0.15) is 0 Å². The highest BCUT2D eigenvalue weighted by Crippen LogP contribution is 2.25. The predicted molar refractivity (Wildman–Crippen MR) is 90.3 cm³/mol. The Morgan fingerprint density at radius 2 is 1.50 bits per heavy atom. The topological polar surface area (TPSA) is 57.6 Å². The molecule has 4 rings (SSSR count). The lowest BCUT2D eigenvalue weighted by Gasteiger charge is -2.29. The molecule has 0 aromatic heterocycles. The monoisotopic (exact) mass is 321 g/mol. The number of carbonyl (C=O) groups excluding carboxylic acids is 1. The van der Waals surface area contributed by atoms with Gasteiger partial charge in [-0.25, -0.2) is 4.79 Å². The van der Waals surface area contributed by atoms with Crippen molar-refractivity contribution in [3.8, 4) is 0 Å². The van der Waals surface area contributed by atoms with Crippen molar-refractivity contribution in [3.05, 3.63) is 69.8 Å². The van der Waals surface area contributed by atoms with Gasteiger partial charge in [-0.05, 0) is 72.2 Å². The Labute approximate surface area is 140 Å². The molecule has 2 aromatic carbocycles. The summed E-state index contributed by atoms with van der Waals surface area (Å²) in [6.07, 6.45) is 4.11. The van der Waals surface area contributed by atoms with Crippen molar-refractivity contribution in [1.82, 2.24) is 4.90 Å². The van der Waals surface area contributed by atoms with Crippen LogP contribution in [0.5, 0.6) is 0 Å². The minimum atomic E-state index is -0.931. The standard InChI is InChI=1S/C20H19NO3/c22-19(16-6-4-13-2-1-3-15(13)10-16)21-9-8-14-5-7-17(20(23)24)11-18(14)12-21/h4-7,10-11H,1-3,8-9,12H2,(H,23,24). The summed E-state index contributed by atoms with van der Waals surface area (Å²) in [5.41, 5.74) is 5.76. The fourth-order valence-electron chi connectivity index (χ4n) is 3.75. The largest absolute Gasteiger partial charge is 0.478 e. The smallest absolute Gasteiger partial charge is 0.335 e. The van der Waals surface area contributed by atoms with Gasteiger partial charge < -0.3 is 10.0 Å². The second kappa shape index (κ2) is 5.78. The lowest BCUT2D eigenvalue weighted by molar-refractivity contribution is 0.0696. The second-order valence-corrected chi connectivity index (χ2v) is 6.60. The molecule has 1 amide bonds. The Hall–Kier alpha value is -2.62. The number of rotatable bonds is 2. The Morgan fingerprint density at radius 3 is 2.29 bits per heavy atom. The number of hydrogen-bond donors (Lipinski definition) is 1. The van der Waals surface area contributed by atoms with Gasteiger partial charge in [0.15, 0.2) is 0 Å². The van der Waals surface area contributed by atoms with Gasteiger partial charge in [-0.15, -0.1) is 0 Å². The van der Waals surface area contributed by atoms with Crippen LogP contribution >= 0.6 is 0 Å². The average Bonchev–Trinajstić information content (AvgIpc) is 3.07. The van der Waals surface area contributed by atoms with Crippen LogP contribution in [-0.4, -0.2) is 28.4 Å². The van der Waals surface area contributed by atoms with E-state index in [1.54, 1.807) is 12.1 Å². The summed E-state index contributed by atoms with van der Waals surface area (Å²) < 4.78 is 0. The molecule has 0 saturated carbocycles. The van der Waals surface area contributed by atoms with Crippen molar-refractivity contribution >= 4 is 11.9 Å². The molecule has 0 atom stereocenters. The molecule has 0 radical (unpaired) electrons. The summed E-state index contributed by atoms with van der Waals surface area (Å²) in [7, 11) is 0. The Bertz CT molecular complexity index is 841. The van der Waals surface area contributed by atoms with E-state index in [1.807, 2.05) is 23.1 Å². The number of carboxylic acid groups (broad SMARTS) is 1. The molecule has 122 valence electrons. The number of carbonyl (C=O) groups is 2. The first kappa shape index (κ1) is 14.9. The van der Waals surface area contributed by atoms with Crippen LogP contribution in [0.3, 0.4) is 0 Å². The molecule has 0 fully saturated rings. The fraction of sp³-hybridized carbons (Fsp3) is 0.300. The van der Waals surface area contributed by atoms with Crippen LogP contribution < -0.4 is 0 Å². The molecule has 0 spiro atoms. The van der Waals surface area contributed by atoms with Crippen molar-refractivity contribution < 1.29 is 14.7 Å². The molecule has 4 heteroatoms. The number of hydrogen-bond acceptors (Lipinski definition) is 2. The molecule has 24 heavy (non-hydrogen) atoms. The van der Waals surface area contributed by atoms with E-state index < -0.39 is 5.97 Å². The molecule has 2 aromatic rings. The number of benzene rings is 2. The van der Waals surface area contributed by atoms with E-state index in [0.29, 0.717) is 13.1 Å². The zero-order valence-corrected chi connectivity index (χ0v) is 13.4. The van der Waals surface area contributed by atoms with Gasteiger partial charge in [0.2, 0.25) is 0 Å². The van der Waals surface area contributed by atoms with Crippen LogP contribution in [0, 0.1) is 0 Å². The van der Waals surface area contributed by atoms with E-state index in [2.05, 4.69) is 6.07 Å².